The fourth-order valence-corrected chi connectivity index (χ4v) is 4.51. The molecule has 1 amide bonds. The Labute approximate surface area is 166 Å². The van der Waals surface area contributed by atoms with Crippen molar-refractivity contribution in [2.45, 2.75) is 19.8 Å². The Bertz CT molecular complexity index is 974. The Balaban J connectivity index is 1.73. The number of hydrogen-bond acceptors (Lipinski definition) is 5. The lowest BCUT2D eigenvalue weighted by molar-refractivity contribution is 0.0722. The summed E-state index contributed by atoms with van der Waals surface area (Å²) in [4.78, 5) is 14.4. The first kappa shape index (κ1) is 20.7. The van der Waals surface area contributed by atoms with Crippen LogP contribution in [0.2, 0.25) is 5.02 Å². The molecule has 1 aromatic carbocycles. The Morgan fingerprint density at radius 3 is 2.75 bits per heavy atom. The minimum Gasteiger partial charge on any atom is -0.381 e. The monoisotopic (exact) mass is 430 g/mol. The second-order valence-electron chi connectivity index (χ2n) is 6.62. The fourth-order valence-electron chi connectivity index (χ4n) is 3.01. The third-order valence-electron chi connectivity index (χ3n) is 4.53. The first-order chi connectivity index (χ1) is 13.3. The van der Waals surface area contributed by atoms with Crippen molar-refractivity contribution in [3.63, 3.8) is 0 Å². The lowest BCUT2D eigenvalue weighted by Gasteiger charge is -2.21. The number of aromatic nitrogens is 2. The van der Waals surface area contributed by atoms with Gasteiger partial charge in [-0.15, -0.1) is 4.83 Å². The predicted molar refractivity (Wildman–Crippen MR) is 102 cm³/mol. The molecule has 2 heterocycles. The third kappa shape index (κ3) is 4.88. The van der Waals surface area contributed by atoms with E-state index in [1.165, 1.54) is 18.3 Å². The molecule has 0 bridgehead atoms. The summed E-state index contributed by atoms with van der Waals surface area (Å²) in [5, 5.41) is 6.38. The standard InChI is InChI=1S/C17H20ClFN4O4S/c1-10-14(8-20-21-10)12-6-13(16(19)15(18)7-12)17(24)22-23-28(25,26)9-11-2-4-27-5-3-11/h6-8,11,23H,2-5,9H2,1H3,(H,20,21)(H,22,24). The number of carbonyl (C=O) groups excluding carboxylic acids is 1. The zero-order valence-corrected chi connectivity index (χ0v) is 16.7. The van der Waals surface area contributed by atoms with Gasteiger partial charge in [-0.3, -0.25) is 15.3 Å². The number of hydrazine groups is 1. The van der Waals surface area contributed by atoms with E-state index < -0.39 is 21.7 Å². The molecule has 152 valence electrons. The molecule has 3 N–H and O–H groups in total. The van der Waals surface area contributed by atoms with Crippen LogP contribution in [0, 0.1) is 18.7 Å². The SMILES string of the molecule is Cc1[nH]ncc1-c1cc(Cl)c(F)c(C(=O)NNS(=O)(=O)CC2CCOCC2)c1. The Hall–Kier alpha value is -2.01. The van der Waals surface area contributed by atoms with Crippen LogP contribution in [0.4, 0.5) is 4.39 Å². The fraction of sp³-hybridized carbons (Fsp3) is 0.412. The molecule has 1 aliphatic rings. The van der Waals surface area contributed by atoms with Gasteiger partial charge in [0.2, 0.25) is 10.0 Å². The highest BCUT2D eigenvalue weighted by Crippen LogP contribution is 2.29. The molecule has 0 spiro atoms. The van der Waals surface area contributed by atoms with Gasteiger partial charge in [-0.05, 0) is 43.4 Å². The molecule has 1 aromatic heterocycles. The van der Waals surface area contributed by atoms with Crippen LogP contribution >= 0.6 is 11.6 Å². The molecule has 0 atom stereocenters. The van der Waals surface area contributed by atoms with Gasteiger partial charge in [0, 0.05) is 24.5 Å². The molecule has 3 rings (SSSR count). The predicted octanol–water partition coefficient (Wildman–Crippen LogP) is 2.17. The van der Waals surface area contributed by atoms with Crippen LogP contribution < -0.4 is 10.3 Å². The number of aromatic amines is 1. The van der Waals surface area contributed by atoms with Crippen LogP contribution in [0.3, 0.4) is 0 Å². The van der Waals surface area contributed by atoms with Crippen LogP contribution in [0.1, 0.15) is 28.9 Å². The number of rotatable bonds is 6. The van der Waals surface area contributed by atoms with Crippen LogP contribution in [0.25, 0.3) is 11.1 Å². The van der Waals surface area contributed by atoms with E-state index in [9.17, 15) is 17.6 Å². The van der Waals surface area contributed by atoms with Crippen molar-refractivity contribution in [1.29, 1.82) is 0 Å². The van der Waals surface area contributed by atoms with Crippen LogP contribution in [-0.4, -0.2) is 43.5 Å². The van der Waals surface area contributed by atoms with Gasteiger partial charge in [-0.2, -0.15) is 5.10 Å². The average molecular weight is 431 g/mol. The number of halogens is 2. The summed E-state index contributed by atoms with van der Waals surface area (Å²) in [7, 11) is -3.78. The van der Waals surface area contributed by atoms with Gasteiger partial charge in [-0.1, -0.05) is 11.6 Å². The van der Waals surface area contributed by atoms with E-state index in [0.29, 0.717) is 42.9 Å². The molecule has 11 heteroatoms. The van der Waals surface area contributed by atoms with Gasteiger partial charge in [0.25, 0.3) is 5.91 Å². The first-order valence-electron chi connectivity index (χ1n) is 8.64. The third-order valence-corrected chi connectivity index (χ3v) is 6.13. The second kappa shape index (κ2) is 8.56. The highest BCUT2D eigenvalue weighted by atomic mass is 35.5. The van der Waals surface area contributed by atoms with E-state index in [0.717, 1.165) is 0 Å². The van der Waals surface area contributed by atoms with Crippen LogP contribution in [0.15, 0.2) is 18.3 Å². The molecule has 0 aliphatic carbocycles. The summed E-state index contributed by atoms with van der Waals surface area (Å²) in [5.41, 5.74) is 3.52. The summed E-state index contributed by atoms with van der Waals surface area (Å²) in [6.07, 6.45) is 2.79. The molecule has 0 unspecified atom stereocenters. The molecule has 1 fully saturated rings. The van der Waals surface area contributed by atoms with Gasteiger partial charge in [0.1, 0.15) is 0 Å². The van der Waals surface area contributed by atoms with Gasteiger partial charge in [0.15, 0.2) is 5.82 Å². The molecule has 2 aromatic rings. The lowest BCUT2D eigenvalue weighted by atomic mass is 10.0. The Kier molecular flexibility index (Phi) is 6.33. The number of H-pyrrole nitrogens is 1. The molecular formula is C17H20ClFN4O4S. The number of aryl methyl sites for hydroxylation is 1. The van der Waals surface area contributed by atoms with Gasteiger partial charge >= 0.3 is 0 Å². The van der Waals surface area contributed by atoms with E-state index in [-0.39, 0.29) is 22.3 Å². The second-order valence-corrected chi connectivity index (χ2v) is 8.80. The molecule has 0 saturated carbocycles. The number of nitrogens with one attached hydrogen (secondary N) is 3. The maximum absolute atomic E-state index is 14.4. The Morgan fingerprint density at radius 2 is 2.11 bits per heavy atom. The van der Waals surface area contributed by atoms with Crippen molar-refractivity contribution in [3.8, 4) is 11.1 Å². The smallest absolute Gasteiger partial charge is 0.269 e. The molecule has 0 radical (unpaired) electrons. The summed E-state index contributed by atoms with van der Waals surface area (Å²) in [5.74, 6) is -2.08. The van der Waals surface area contributed by atoms with Crippen molar-refractivity contribution >= 4 is 27.5 Å². The zero-order chi connectivity index (χ0) is 20.3. The van der Waals surface area contributed by atoms with Crippen molar-refractivity contribution in [2.24, 2.45) is 5.92 Å². The number of sulfonamides is 1. The maximum Gasteiger partial charge on any atom is 0.269 e. The summed E-state index contributed by atoms with van der Waals surface area (Å²) >= 11 is 5.92. The van der Waals surface area contributed by atoms with E-state index in [1.807, 2.05) is 4.83 Å². The maximum atomic E-state index is 14.4. The van der Waals surface area contributed by atoms with Gasteiger partial charge < -0.3 is 4.74 Å². The topological polar surface area (TPSA) is 113 Å². The van der Waals surface area contributed by atoms with E-state index in [2.05, 4.69) is 15.6 Å². The molecule has 1 saturated heterocycles. The number of hydrogen-bond donors (Lipinski definition) is 3. The van der Waals surface area contributed by atoms with Crippen molar-refractivity contribution < 1.29 is 22.3 Å². The summed E-state index contributed by atoms with van der Waals surface area (Å²) in [6.45, 7) is 2.79. The highest BCUT2D eigenvalue weighted by Gasteiger charge is 2.23. The minimum atomic E-state index is -3.78. The van der Waals surface area contributed by atoms with Crippen molar-refractivity contribution in [1.82, 2.24) is 20.5 Å². The molecular weight excluding hydrogens is 411 g/mol. The van der Waals surface area contributed by atoms with Gasteiger partial charge in [-0.25, -0.2) is 12.8 Å². The highest BCUT2D eigenvalue weighted by molar-refractivity contribution is 7.89. The molecule has 28 heavy (non-hydrogen) atoms. The number of nitrogens with zero attached hydrogens (tertiary/aromatic N) is 1. The molecule has 1 aliphatic heterocycles. The van der Waals surface area contributed by atoms with Gasteiger partial charge in [0.05, 0.1) is 22.5 Å². The largest absolute Gasteiger partial charge is 0.381 e. The van der Waals surface area contributed by atoms with Crippen molar-refractivity contribution in [3.05, 3.63) is 40.4 Å². The van der Waals surface area contributed by atoms with Crippen LogP contribution in [-0.2, 0) is 14.8 Å². The lowest BCUT2D eigenvalue weighted by Crippen LogP contribution is -2.44. The number of carbonyl (C=O) groups is 1. The minimum absolute atomic E-state index is 0.0540. The zero-order valence-electron chi connectivity index (χ0n) is 15.1. The van der Waals surface area contributed by atoms with E-state index in [4.69, 9.17) is 16.3 Å². The van der Waals surface area contributed by atoms with E-state index >= 15 is 0 Å². The number of ether oxygens (including phenoxy) is 1. The summed E-state index contributed by atoms with van der Waals surface area (Å²) < 4.78 is 43.9. The average Bonchev–Trinajstić information content (AvgIpc) is 3.08. The summed E-state index contributed by atoms with van der Waals surface area (Å²) in [6, 6.07) is 2.67. The quantitative estimate of drug-likeness (QED) is 0.608. The van der Waals surface area contributed by atoms with Crippen LogP contribution in [0.5, 0.6) is 0 Å². The first-order valence-corrected chi connectivity index (χ1v) is 10.7. The normalized spacial score (nSPS) is 15.5. The molecule has 8 nitrogen and oxygen atoms in total. The number of benzene rings is 1. The number of amides is 1. The Morgan fingerprint density at radius 1 is 1.39 bits per heavy atom. The van der Waals surface area contributed by atoms with E-state index in [1.54, 1.807) is 6.92 Å². The van der Waals surface area contributed by atoms with Crippen molar-refractivity contribution in [2.75, 3.05) is 19.0 Å².